The van der Waals surface area contributed by atoms with Crippen LogP contribution in [0.25, 0.3) is 55.3 Å². The molecule has 0 amide bonds. The van der Waals surface area contributed by atoms with Crippen molar-refractivity contribution in [2.45, 2.75) is 5.41 Å². The average Bonchev–Trinajstić information content (AvgIpc) is 3.82. The van der Waals surface area contributed by atoms with E-state index in [1.165, 1.54) is 44.5 Å². The molecule has 0 saturated heterocycles. The summed E-state index contributed by atoms with van der Waals surface area (Å²) in [4.78, 5) is 2.29. The van der Waals surface area contributed by atoms with Crippen LogP contribution in [0.4, 0.5) is 17.1 Å². The van der Waals surface area contributed by atoms with E-state index in [-0.39, 0.29) is 0 Å². The van der Waals surface area contributed by atoms with Gasteiger partial charge in [0.2, 0.25) is 0 Å². The van der Waals surface area contributed by atoms with E-state index in [4.69, 9.17) is 4.42 Å². The highest BCUT2D eigenvalue weighted by molar-refractivity contribution is 6.13. The van der Waals surface area contributed by atoms with Crippen molar-refractivity contribution in [1.29, 1.82) is 0 Å². The van der Waals surface area contributed by atoms with Crippen molar-refractivity contribution < 1.29 is 4.42 Å². The second-order valence-electron chi connectivity index (χ2n) is 14.8. The molecule has 2 heteroatoms. The van der Waals surface area contributed by atoms with E-state index < -0.39 is 5.41 Å². The number of fused-ring (bicyclic) bond motifs is 6. The topological polar surface area (TPSA) is 16.4 Å². The van der Waals surface area contributed by atoms with Crippen molar-refractivity contribution in [3.05, 3.63) is 247 Å². The molecule has 0 fully saturated rings. The molecule has 0 saturated carbocycles. The number of anilines is 3. The van der Waals surface area contributed by atoms with Gasteiger partial charge in [0.25, 0.3) is 0 Å². The Morgan fingerprint density at radius 3 is 1.54 bits per heavy atom. The van der Waals surface area contributed by atoms with Gasteiger partial charge in [-0.15, -0.1) is 0 Å². The number of hydrogen-bond acceptors (Lipinski definition) is 2. The van der Waals surface area contributed by atoms with Gasteiger partial charge in [0, 0.05) is 27.8 Å². The summed E-state index contributed by atoms with van der Waals surface area (Å²) < 4.78 is 6.79. The van der Waals surface area contributed by atoms with Crippen LogP contribution in [-0.2, 0) is 5.41 Å². The van der Waals surface area contributed by atoms with Gasteiger partial charge >= 0.3 is 0 Å². The first kappa shape index (κ1) is 33.0. The second kappa shape index (κ2) is 13.4. The normalized spacial score (nSPS) is 12.7. The first-order valence-corrected chi connectivity index (χ1v) is 19.6. The van der Waals surface area contributed by atoms with E-state index in [1.807, 2.05) is 0 Å². The van der Waals surface area contributed by atoms with Crippen molar-refractivity contribution in [1.82, 2.24) is 0 Å². The van der Waals surface area contributed by atoms with Gasteiger partial charge in [-0.3, -0.25) is 0 Å². The molecule has 0 aliphatic heterocycles. The number of para-hydroxylation sites is 2. The molecule has 1 heterocycles. The molecule has 0 radical (unpaired) electrons. The van der Waals surface area contributed by atoms with Crippen LogP contribution in [0.1, 0.15) is 22.3 Å². The van der Waals surface area contributed by atoms with E-state index >= 15 is 0 Å². The van der Waals surface area contributed by atoms with Crippen LogP contribution in [0.15, 0.2) is 229 Å². The molecule has 0 spiro atoms. The Labute approximate surface area is 332 Å². The maximum absolute atomic E-state index is 6.79. The highest BCUT2D eigenvalue weighted by atomic mass is 16.3. The minimum atomic E-state index is -0.479. The fraction of sp³-hybridized carbons (Fsp3) is 0.0182. The molecule has 0 atom stereocenters. The molecule has 268 valence electrons. The molecular weight excluding hydrogens is 691 g/mol. The Morgan fingerprint density at radius 1 is 0.333 bits per heavy atom. The van der Waals surface area contributed by atoms with E-state index in [0.717, 1.165) is 50.1 Å². The lowest BCUT2D eigenvalue weighted by molar-refractivity contribution is 0.665. The maximum Gasteiger partial charge on any atom is 0.136 e. The standard InChI is InChI=1S/C55H37NO/c1-4-18-41(19-5-1)55(50-27-12-10-24-47(50)48-25-11-13-28-51(48)55)42-32-35-49-53(37-42)57-52-29-15-26-46(54(49)52)40-17-14-16-39(36-40)38-30-33-45(34-31-38)56(43-20-6-2-7-21-43)44-22-8-3-9-23-44/h1-37H. The summed E-state index contributed by atoms with van der Waals surface area (Å²) in [6, 6.07) is 80.8. The summed E-state index contributed by atoms with van der Waals surface area (Å²) in [7, 11) is 0. The first-order valence-electron chi connectivity index (χ1n) is 19.6. The van der Waals surface area contributed by atoms with E-state index in [9.17, 15) is 0 Å². The maximum atomic E-state index is 6.79. The quantitative estimate of drug-likeness (QED) is 0.163. The molecule has 0 unspecified atom stereocenters. The van der Waals surface area contributed by atoms with Crippen LogP contribution in [-0.4, -0.2) is 0 Å². The van der Waals surface area contributed by atoms with Gasteiger partial charge in [-0.05, 0) is 110 Å². The molecule has 1 aliphatic rings. The summed E-state index contributed by atoms with van der Waals surface area (Å²) in [6.07, 6.45) is 0. The van der Waals surface area contributed by atoms with Gasteiger partial charge in [0.1, 0.15) is 11.2 Å². The fourth-order valence-corrected chi connectivity index (χ4v) is 9.28. The van der Waals surface area contributed by atoms with Gasteiger partial charge in [-0.2, -0.15) is 0 Å². The van der Waals surface area contributed by atoms with Crippen molar-refractivity contribution >= 4 is 39.0 Å². The Hall–Kier alpha value is -7.42. The Balaban J connectivity index is 1.01. The first-order chi connectivity index (χ1) is 28.3. The third-order valence-corrected chi connectivity index (χ3v) is 11.8. The number of benzene rings is 9. The zero-order valence-electron chi connectivity index (χ0n) is 31.2. The van der Waals surface area contributed by atoms with Crippen LogP contribution in [0.5, 0.6) is 0 Å². The van der Waals surface area contributed by atoms with Gasteiger partial charge in [-0.1, -0.05) is 170 Å². The van der Waals surface area contributed by atoms with Gasteiger partial charge < -0.3 is 9.32 Å². The van der Waals surface area contributed by atoms with Gasteiger partial charge in [0.15, 0.2) is 0 Å². The number of hydrogen-bond donors (Lipinski definition) is 0. The van der Waals surface area contributed by atoms with Crippen molar-refractivity contribution in [3.8, 4) is 33.4 Å². The third-order valence-electron chi connectivity index (χ3n) is 11.8. The molecule has 1 aliphatic carbocycles. The molecule has 11 rings (SSSR count). The van der Waals surface area contributed by atoms with E-state index in [1.54, 1.807) is 0 Å². The minimum absolute atomic E-state index is 0.479. The lowest BCUT2D eigenvalue weighted by atomic mass is 9.67. The average molecular weight is 728 g/mol. The highest BCUT2D eigenvalue weighted by Gasteiger charge is 2.46. The second-order valence-corrected chi connectivity index (χ2v) is 14.8. The molecule has 57 heavy (non-hydrogen) atoms. The van der Waals surface area contributed by atoms with E-state index in [0.29, 0.717) is 0 Å². The lowest BCUT2D eigenvalue weighted by Gasteiger charge is -2.33. The monoisotopic (exact) mass is 727 g/mol. The van der Waals surface area contributed by atoms with Crippen LogP contribution >= 0.6 is 0 Å². The molecule has 0 bridgehead atoms. The summed E-state index contributed by atoms with van der Waals surface area (Å²) >= 11 is 0. The molecular formula is C55H37NO. The van der Waals surface area contributed by atoms with Crippen LogP contribution in [0.2, 0.25) is 0 Å². The number of nitrogens with zero attached hydrogens (tertiary/aromatic N) is 1. The van der Waals surface area contributed by atoms with E-state index in [2.05, 4.69) is 229 Å². The Kier molecular flexibility index (Phi) is 7.75. The molecule has 9 aromatic carbocycles. The van der Waals surface area contributed by atoms with Gasteiger partial charge in [-0.25, -0.2) is 0 Å². The highest BCUT2D eigenvalue weighted by Crippen LogP contribution is 2.56. The summed E-state index contributed by atoms with van der Waals surface area (Å²) in [5.74, 6) is 0. The smallest absolute Gasteiger partial charge is 0.136 e. The number of furan rings is 1. The lowest BCUT2D eigenvalue weighted by Crippen LogP contribution is -2.28. The van der Waals surface area contributed by atoms with Crippen LogP contribution in [0.3, 0.4) is 0 Å². The van der Waals surface area contributed by atoms with Gasteiger partial charge in [0.05, 0.1) is 5.41 Å². The summed E-state index contributed by atoms with van der Waals surface area (Å²) in [5.41, 5.74) is 16.9. The minimum Gasteiger partial charge on any atom is -0.456 e. The van der Waals surface area contributed by atoms with Crippen molar-refractivity contribution in [2.24, 2.45) is 0 Å². The van der Waals surface area contributed by atoms with Crippen LogP contribution < -0.4 is 4.90 Å². The predicted octanol–water partition coefficient (Wildman–Crippen LogP) is 14.8. The molecule has 2 nitrogen and oxygen atoms in total. The summed E-state index contributed by atoms with van der Waals surface area (Å²) in [6.45, 7) is 0. The number of rotatable bonds is 7. The fourth-order valence-electron chi connectivity index (χ4n) is 9.28. The molecule has 1 aromatic heterocycles. The Bertz CT molecular complexity index is 2970. The third kappa shape index (κ3) is 5.26. The predicted molar refractivity (Wildman–Crippen MR) is 237 cm³/mol. The zero-order valence-corrected chi connectivity index (χ0v) is 31.2. The molecule has 10 aromatic rings. The van der Waals surface area contributed by atoms with Crippen molar-refractivity contribution in [3.63, 3.8) is 0 Å². The van der Waals surface area contributed by atoms with Crippen molar-refractivity contribution in [2.75, 3.05) is 4.90 Å². The van der Waals surface area contributed by atoms with Crippen LogP contribution in [0, 0.1) is 0 Å². The molecule has 0 N–H and O–H groups in total. The largest absolute Gasteiger partial charge is 0.456 e. The zero-order chi connectivity index (χ0) is 37.8. The summed E-state index contributed by atoms with van der Waals surface area (Å²) in [5, 5.41) is 2.25. The Morgan fingerprint density at radius 2 is 0.877 bits per heavy atom. The SMILES string of the molecule is c1ccc(N(c2ccccc2)c2ccc(-c3cccc(-c4cccc5oc6cc(C7(c8ccccc8)c8ccccc8-c8ccccc87)ccc6c45)c3)cc2)cc1.